The highest BCUT2D eigenvalue weighted by molar-refractivity contribution is 6.03. The van der Waals surface area contributed by atoms with Gasteiger partial charge < -0.3 is 34.3 Å². The third-order valence-electron chi connectivity index (χ3n) is 8.47. The minimum atomic E-state index is -0.887. The summed E-state index contributed by atoms with van der Waals surface area (Å²) in [6, 6.07) is 15.8. The average Bonchev–Trinajstić information content (AvgIpc) is 3.12. The van der Waals surface area contributed by atoms with E-state index in [1.807, 2.05) is 0 Å². The smallest absolute Gasteiger partial charge is 0.410 e. The molecule has 276 valence electrons. The maximum absolute atomic E-state index is 14.3. The maximum atomic E-state index is 14.3. The van der Waals surface area contributed by atoms with Gasteiger partial charge in [-0.3, -0.25) is 14.5 Å². The van der Waals surface area contributed by atoms with E-state index in [1.54, 1.807) is 80.1 Å². The van der Waals surface area contributed by atoms with Crippen LogP contribution in [0.3, 0.4) is 0 Å². The van der Waals surface area contributed by atoms with Crippen molar-refractivity contribution >= 4 is 40.3 Å². The van der Waals surface area contributed by atoms with Crippen molar-refractivity contribution in [3.05, 3.63) is 88.7 Å². The van der Waals surface area contributed by atoms with Gasteiger partial charge in [-0.1, -0.05) is 12.1 Å². The standard InChI is InChI=1S/C37H44FN7O7/c1-24(44(30-17-16-27(50-6)22-31(30)51-7)35(48)39-26-14-12-25(38)13-15-26)33-40-29-11-9-8-10-28(29)34(47)45(33)43-20-18-42(19-21-43)32(46)23-41(5)36(49)52-37(2,3)4/h8-17,22,24H,18-21,23H2,1-7H3,(H,39,48). The molecule has 2 heterocycles. The topological polar surface area (TPSA) is 139 Å². The quantitative estimate of drug-likeness (QED) is 0.254. The maximum Gasteiger partial charge on any atom is 0.410 e. The van der Waals surface area contributed by atoms with E-state index in [0.717, 1.165) is 0 Å². The van der Waals surface area contributed by atoms with Gasteiger partial charge >= 0.3 is 12.1 Å². The Morgan fingerprint density at radius 1 is 0.962 bits per heavy atom. The number of ether oxygens (including phenoxy) is 3. The summed E-state index contributed by atoms with van der Waals surface area (Å²) in [6.45, 7) is 7.87. The number of fused-ring (bicyclic) bond motifs is 1. The van der Waals surface area contributed by atoms with Crippen LogP contribution < -0.4 is 30.3 Å². The molecule has 1 fully saturated rings. The lowest BCUT2D eigenvalue weighted by Gasteiger charge is -2.39. The summed E-state index contributed by atoms with van der Waals surface area (Å²) in [5.41, 5.74) is 0.0840. The van der Waals surface area contributed by atoms with Crippen LogP contribution in [0, 0.1) is 5.82 Å². The molecule has 14 nitrogen and oxygen atoms in total. The predicted octanol–water partition coefficient (Wildman–Crippen LogP) is 5.00. The molecule has 0 bridgehead atoms. The summed E-state index contributed by atoms with van der Waals surface area (Å²) < 4.78 is 31.7. The van der Waals surface area contributed by atoms with Crippen LogP contribution >= 0.6 is 0 Å². The summed E-state index contributed by atoms with van der Waals surface area (Å²) in [5, 5.41) is 5.00. The molecular formula is C37H44FN7O7. The van der Waals surface area contributed by atoms with Gasteiger partial charge in [0.1, 0.15) is 29.5 Å². The monoisotopic (exact) mass is 717 g/mol. The van der Waals surface area contributed by atoms with Crippen LogP contribution in [0.4, 0.5) is 25.4 Å². The minimum absolute atomic E-state index is 0.170. The lowest BCUT2D eigenvalue weighted by atomic mass is 10.1. The van der Waals surface area contributed by atoms with Crippen molar-refractivity contribution in [2.45, 2.75) is 39.3 Å². The highest BCUT2D eigenvalue weighted by Crippen LogP contribution is 2.37. The Labute approximate surface area is 301 Å². The minimum Gasteiger partial charge on any atom is -0.497 e. The zero-order chi connectivity index (χ0) is 37.7. The van der Waals surface area contributed by atoms with E-state index in [0.29, 0.717) is 33.8 Å². The Balaban J connectivity index is 1.51. The third kappa shape index (κ3) is 8.36. The van der Waals surface area contributed by atoms with Crippen molar-refractivity contribution in [1.29, 1.82) is 0 Å². The SMILES string of the molecule is COc1ccc(N(C(=O)Nc2ccc(F)cc2)C(C)c2nc3ccccc3c(=O)n2N2CCN(C(=O)CN(C)C(=O)OC(C)(C)C)CC2)c(OC)c1. The number of methoxy groups -OCH3 is 2. The van der Waals surface area contributed by atoms with Crippen LogP contribution in [0.2, 0.25) is 0 Å². The summed E-state index contributed by atoms with van der Waals surface area (Å²) in [5.74, 6) is 0.346. The Bertz CT molecular complexity index is 1990. The number of hydrogen-bond donors (Lipinski definition) is 1. The van der Waals surface area contributed by atoms with Gasteiger partial charge in [0.2, 0.25) is 5.91 Å². The van der Waals surface area contributed by atoms with Crippen molar-refractivity contribution in [1.82, 2.24) is 19.5 Å². The van der Waals surface area contributed by atoms with Crippen LogP contribution in [0.25, 0.3) is 10.9 Å². The first-order valence-electron chi connectivity index (χ1n) is 16.8. The number of para-hydroxylation sites is 1. The van der Waals surface area contributed by atoms with Crippen LogP contribution in [0.1, 0.15) is 39.6 Å². The van der Waals surface area contributed by atoms with E-state index >= 15 is 0 Å². The van der Waals surface area contributed by atoms with Gasteiger partial charge in [0.05, 0.1) is 49.9 Å². The first kappa shape index (κ1) is 37.4. The molecule has 1 aromatic heterocycles. The molecule has 52 heavy (non-hydrogen) atoms. The van der Waals surface area contributed by atoms with Crippen LogP contribution in [-0.4, -0.2) is 97.1 Å². The highest BCUT2D eigenvalue weighted by Gasteiger charge is 2.33. The number of rotatable bonds is 9. The zero-order valence-corrected chi connectivity index (χ0v) is 30.4. The molecule has 1 aliphatic rings. The van der Waals surface area contributed by atoms with Crippen LogP contribution in [0.15, 0.2) is 71.5 Å². The fraction of sp³-hybridized carbons (Fsp3) is 0.378. The summed E-state index contributed by atoms with van der Waals surface area (Å²) in [4.78, 5) is 63.4. The highest BCUT2D eigenvalue weighted by atomic mass is 19.1. The van der Waals surface area contributed by atoms with E-state index in [9.17, 15) is 23.6 Å². The molecule has 1 unspecified atom stereocenters. The summed E-state index contributed by atoms with van der Waals surface area (Å²) >= 11 is 0. The number of carbonyl (C=O) groups excluding carboxylic acids is 3. The second-order valence-electron chi connectivity index (χ2n) is 13.3. The van der Waals surface area contributed by atoms with Crippen molar-refractivity contribution in [2.75, 3.05) is 69.2 Å². The first-order chi connectivity index (χ1) is 24.7. The molecule has 1 atom stereocenters. The van der Waals surface area contributed by atoms with Gasteiger partial charge in [-0.25, -0.2) is 23.6 Å². The predicted molar refractivity (Wildman–Crippen MR) is 195 cm³/mol. The molecule has 0 aliphatic carbocycles. The van der Waals surface area contributed by atoms with Gasteiger partial charge in [-0.15, -0.1) is 0 Å². The number of nitrogens with zero attached hydrogens (tertiary/aromatic N) is 6. The fourth-order valence-corrected chi connectivity index (χ4v) is 5.85. The lowest BCUT2D eigenvalue weighted by Crippen LogP contribution is -2.58. The number of nitrogens with one attached hydrogen (secondary N) is 1. The van der Waals surface area contributed by atoms with Gasteiger partial charge in [0.25, 0.3) is 5.56 Å². The molecule has 0 spiro atoms. The second kappa shape index (κ2) is 15.6. The zero-order valence-electron chi connectivity index (χ0n) is 30.4. The van der Waals surface area contributed by atoms with Crippen molar-refractivity contribution < 1.29 is 33.0 Å². The van der Waals surface area contributed by atoms with E-state index in [2.05, 4.69) is 5.32 Å². The number of halogens is 1. The number of benzene rings is 3. The molecule has 0 saturated carbocycles. The number of carbonyl (C=O) groups is 3. The van der Waals surface area contributed by atoms with Crippen molar-refractivity contribution in [3.8, 4) is 11.5 Å². The second-order valence-corrected chi connectivity index (χ2v) is 13.3. The molecule has 1 aliphatic heterocycles. The van der Waals surface area contributed by atoms with Crippen LogP contribution in [-0.2, 0) is 9.53 Å². The largest absolute Gasteiger partial charge is 0.497 e. The molecule has 1 saturated heterocycles. The molecule has 15 heteroatoms. The third-order valence-corrected chi connectivity index (χ3v) is 8.47. The number of urea groups is 1. The molecule has 0 radical (unpaired) electrons. The Morgan fingerprint density at radius 2 is 1.63 bits per heavy atom. The van der Waals surface area contributed by atoms with Gasteiger partial charge in [-0.05, 0) is 76.2 Å². The Kier molecular flexibility index (Phi) is 11.2. The van der Waals surface area contributed by atoms with E-state index in [-0.39, 0.29) is 50.0 Å². The van der Waals surface area contributed by atoms with E-state index in [4.69, 9.17) is 19.2 Å². The first-order valence-corrected chi connectivity index (χ1v) is 16.8. The molecule has 4 aromatic rings. The molecule has 3 aromatic carbocycles. The van der Waals surface area contributed by atoms with Gasteiger partial charge in [-0.2, -0.15) is 0 Å². The molecule has 5 rings (SSSR count). The van der Waals surface area contributed by atoms with E-state index in [1.165, 1.54) is 60.0 Å². The van der Waals surface area contributed by atoms with Crippen molar-refractivity contribution in [3.63, 3.8) is 0 Å². The number of hydrogen-bond acceptors (Lipinski definition) is 9. The number of piperazine rings is 1. The number of amides is 4. The Morgan fingerprint density at radius 3 is 2.27 bits per heavy atom. The number of likely N-dealkylation sites (N-methyl/N-ethyl adjacent to an activating group) is 1. The number of aromatic nitrogens is 2. The summed E-state index contributed by atoms with van der Waals surface area (Å²) in [7, 11) is 4.49. The Hall–Kier alpha value is -5.86. The van der Waals surface area contributed by atoms with Gasteiger partial charge in [0.15, 0.2) is 5.82 Å². The molecule has 4 amide bonds. The van der Waals surface area contributed by atoms with E-state index < -0.39 is 29.6 Å². The average molecular weight is 718 g/mol. The lowest BCUT2D eigenvalue weighted by molar-refractivity contribution is -0.132. The van der Waals surface area contributed by atoms with Gasteiger partial charge in [0, 0.05) is 31.9 Å². The molecule has 1 N–H and O–H groups in total. The normalized spacial score (nSPS) is 13.7. The van der Waals surface area contributed by atoms with Crippen molar-refractivity contribution in [2.24, 2.45) is 0 Å². The fourth-order valence-electron chi connectivity index (χ4n) is 5.85. The molecular weight excluding hydrogens is 673 g/mol. The number of anilines is 2. The van der Waals surface area contributed by atoms with Crippen LogP contribution in [0.5, 0.6) is 11.5 Å². The summed E-state index contributed by atoms with van der Waals surface area (Å²) in [6.07, 6.45) is -0.603.